The molecule has 0 amide bonds. The molecule has 1 aromatic carbocycles. The van der Waals surface area contributed by atoms with Gasteiger partial charge in [-0.3, -0.25) is 13.5 Å². The molecule has 1 aliphatic rings. The minimum atomic E-state index is -0.0535. The second kappa shape index (κ2) is 5.75. The molecule has 1 fully saturated rings. The molecule has 0 saturated heterocycles. The van der Waals surface area contributed by atoms with Gasteiger partial charge in [-0.25, -0.2) is 0 Å². The second-order valence-electron chi connectivity index (χ2n) is 5.25. The van der Waals surface area contributed by atoms with Gasteiger partial charge in [-0.2, -0.15) is 0 Å². The molecule has 1 saturated carbocycles. The minimum absolute atomic E-state index is 0.0267. The first-order valence-electron chi connectivity index (χ1n) is 7.08. The maximum Gasteiger partial charge on any atom is 0.261 e. The lowest BCUT2D eigenvalue weighted by molar-refractivity contribution is 0.104. The van der Waals surface area contributed by atoms with Crippen LogP contribution in [0.4, 0.5) is 0 Å². The number of benzene rings is 1. The Kier molecular flexibility index (Phi) is 3.83. The third-order valence-corrected chi connectivity index (χ3v) is 5.01. The van der Waals surface area contributed by atoms with E-state index in [0.29, 0.717) is 16.5 Å². The van der Waals surface area contributed by atoms with Crippen LogP contribution in [0.1, 0.15) is 53.4 Å². The average Bonchev–Trinajstić information content (AvgIpc) is 2.90. The van der Waals surface area contributed by atoms with Crippen LogP contribution in [0.5, 0.6) is 0 Å². The lowest BCUT2D eigenvalue weighted by Crippen LogP contribution is -2.20. The third kappa shape index (κ3) is 2.61. The highest BCUT2D eigenvalue weighted by Crippen LogP contribution is 2.29. The summed E-state index contributed by atoms with van der Waals surface area (Å²) in [4.78, 5) is 25.0. The zero-order valence-electron chi connectivity index (χ0n) is 11.2. The lowest BCUT2D eigenvalue weighted by Gasteiger charge is -2.21. The smallest absolute Gasteiger partial charge is 0.261 e. The quantitative estimate of drug-likeness (QED) is 0.808. The van der Waals surface area contributed by atoms with E-state index in [1.807, 2.05) is 18.2 Å². The topological polar surface area (TPSA) is 39.1 Å². The van der Waals surface area contributed by atoms with Crippen LogP contribution in [-0.4, -0.2) is 9.74 Å². The Labute approximate surface area is 122 Å². The SMILES string of the molecule is O=C(c1ccccc1)c1cc(=O)n(C2CCCCC2)s1. The average molecular weight is 287 g/mol. The highest BCUT2D eigenvalue weighted by atomic mass is 32.1. The summed E-state index contributed by atoms with van der Waals surface area (Å²) in [5, 5.41) is 0. The van der Waals surface area contributed by atoms with Gasteiger partial charge >= 0.3 is 0 Å². The minimum Gasteiger partial charge on any atom is -0.288 e. The molecule has 0 N–H and O–H groups in total. The standard InChI is InChI=1S/C16H17NO2S/c18-15-11-14(16(19)12-7-3-1-4-8-12)20-17(15)13-9-5-2-6-10-13/h1,3-4,7-8,11,13H,2,5-6,9-10H2. The van der Waals surface area contributed by atoms with E-state index in [1.54, 1.807) is 16.1 Å². The number of ketones is 1. The van der Waals surface area contributed by atoms with Crippen LogP contribution >= 0.6 is 11.5 Å². The van der Waals surface area contributed by atoms with Gasteiger partial charge in [0, 0.05) is 17.7 Å². The molecule has 0 aliphatic heterocycles. The predicted octanol–water partition coefficient (Wildman–Crippen LogP) is 3.65. The van der Waals surface area contributed by atoms with Crippen molar-refractivity contribution >= 4 is 17.3 Å². The summed E-state index contributed by atoms with van der Waals surface area (Å²) in [5.41, 5.74) is 0.616. The molecule has 0 radical (unpaired) electrons. The fourth-order valence-electron chi connectivity index (χ4n) is 2.76. The van der Waals surface area contributed by atoms with Crippen LogP contribution in [0.25, 0.3) is 0 Å². The van der Waals surface area contributed by atoms with E-state index in [4.69, 9.17) is 0 Å². The Bertz CT molecular complexity index is 651. The van der Waals surface area contributed by atoms with Gasteiger partial charge < -0.3 is 0 Å². The molecule has 1 heterocycles. The van der Waals surface area contributed by atoms with Crippen molar-refractivity contribution in [3.05, 3.63) is 57.2 Å². The summed E-state index contributed by atoms with van der Waals surface area (Å²) in [7, 11) is 0. The van der Waals surface area contributed by atoms with Crippen molar-refractivity contribution in [1.29, 1.82) is 0 Å². The molecule has 3 rings (SSSR count). The van der Waals surface area contributed by atoms with E-state index < -0.39 is 0 Å². The molecule has 4 heteroatoms. The van der Waals surface area contributed by atoms with Crippen LogP contribution in [0.2, 0.25) is 0 Å². The van der Waals surface area contributed by atoms with E-state index in [1.165, 1.54) is 36.9 Å². The monoisotopic (exact) mass is 287 g/mol. The van der Waals surface area contributed by atoms with Gasteiger partial charge in [-0.05, 0) is 12.8 Å². The van der Waals surface area contributed by atoms with Crippen LogP contribution in [-0.2, 0) is 0 Å². The molecule has 20 heavy (non-hydrogen) atoms. The Balaban J connectivity index is 1.89. The molecule has 0 spiro atoms. The first kappa shape index (κ1) is 13.3. The zero-order valence-corrected chi connectivity index (χ0v) is 12.1. The molecule has 1 aromatic heterocycles. The fourth-order valence-corrected chi connectivity index (χ4v) is 3.83. The van der Waals surface area contributed by atoms with Gasteiger partial charge in [-0.15, -0.1) is 0 Å². The summed E-state index contributed by atoms with van der Waals surface area (Å²) >= 11 is 1.32. The number of rotatable bonds is 3. The predicted molar refractivity (Wildman–Crippen MR) is 80.6 cm³/mol. The Morgan fingerprint density at radius 1 is 1.10 bits per heavy atom. The number of hydrogen-bond acceptors (Lipinski definition) is 3. The Morgan fingerprint density at radius 3 is 2.50 bits per heavy atom. The van der Waals surface area contributed by atoms with Gasteiger partial charge in [0.15, 0.2) is 0 Å². The highest BCUT2D eigenvalue weighted by Gasteiger charge is 2.21. The number of aromatic nitrogens is 1. The number of nitrogens with zero attached hydrogens (tertiary/aromatic N) is 1. The van der Waals surface area contributed by atoms with E-state index in [9.17, 15) is 9.59 Å². The Morgan fingerprint density at radius 2 is 1.80 bits per heavy atom. The molecular formula is C16H17NO2S. The summed E-state index contributed by atoms with van der Waals surface area (Å²) in [6, 6.07) is 10.9. The Hall–Kier alpha value is -1.68. The van der Waals surface area contributed by atoms with Crippen LogP contribution in [0.3, 0.4) is 0 Å². The van der Waals surface area contributed by atoms with Crippen molar-refractivity contribution in [2.24, 2.45) is 0 Å². The molecule has 2 aromatic rings. The van der Waals surface area contributed by atoms with Crippen molar-refractivity contribution in [2.75, 3.05) is 0 Å². The molecule has 104 valence electrons. The van der Waals surface area contributed by atoms with Gasteiger partial charge in [0.25, 0.3) is 5.56 Å². The third-order valence-electron chi connectivity index (χ3n) is 3.83. The number of carbonyl (C=O) groups excluding carboxylic acids is 1. The van der Waals surface area contributed by atoms with Gasteiger partial charge in [0.2, 0.25) is 5.78 Å². The largest absolute Gasteiger partial charge is 0.288 e. The zero-order chi connectivity index (χ0) is 13.9. The highest BCUT2D eigenvalue weighted by molar-refractivity contribution is 7.08. The van der Waals surface area contributed by atoms with Gasteiger partial charge in [0.1, 0.15) is 0 Å². The fraction of sp³-hybridized carbons (Fsp3) is 0.375. The lowest BCUT2D eigenvalue weighted by atomic mass is 9.96. The first-order chi connectivity index (χ1) is 9.75. The normalized spacial score (nSPS) is 16.2. The van der Waals surface area contributed by atoms with E-state index in [-0.39, 0.29) is 11.3 Å². The second-order valence-corrected chi connectivity index (χ2v) is 6.27. The maximum absolute atomic E-state index is 12.4. The van der Waals surface area contributed by atoms with Crippen molar-refractivity contribution < 1.29 is 4.79 Å². The van der Waals surface area contributed by atoms with Crippen LogP contribution < -0.4 is 5.56 Å². The summed E-state index contributed by atoms with van der Waals surface area (Å²) in [6.45, 7) is 0. The van der Waals surface area contributed by atoms with Crippen molar-refractivity contribution in [1.82, 2.24) is 3.96 Å². The molecule has 0 bridgehead atoms. The summed E-state index contributed by atoms with van der Waals surface area (Å²) < 4.78 is 1.80. The van der Waals surface area contributed by atoms with E-state index in [2.05, 4.69) is 0 Å². The van der Waals surface area contributed by atoms with Crippen molar-refractivity contribution in [3.8, 4) is 0 Å². The summed E-state index contributed by atoms with van der Waals surface area (Å²) in [6.07, 6.45) is 5.72. The molecule has 0 atom stereocenters. The van der Waals surface area contributed by atoms with Crippen molar-refractivity contribution in [2.45, 2.75) is 38.1 Å². The van der Waals surface area contributed by atoms with Crippen LogP contribution in [0.15, 0.2) is 41.2 Å². The first-order valence-corrected chi connectivity index (χ1v) is 7.85. The molecular weight excluding hydrogens is 270 g/mol. The summed E-state index contributed by atoms with van der Waals surface area (Å²) in [5.74, 6) is -0.0535. The molecule has 1 aliphatic carbocycles. The van der Waals surface area contributed by atoms with Gasteiger partial charge in [-0.1, -0.05) is 61.1 Å². The maximum atomic E-state index is 12.4. The van der Waals surface area contributed by atoms with Gasteiger partial charge in [0.05, 0.1) is 4.88 Å². The number of hydrogen-bond donors (Lipinski definition) is 0. The van der Waals surface area contributed by atoms with E-state index in [0.717, 1.165) is 12.8 Å². The van der Waals surface area contributed by atoms with Crippen LogP contribution in [0, 0.1) is 0 Å². The number of carbonyl (C=O) groups is 1. The van der Waals surface area contributed by atoms with Crippen molar-refractivity contribution in [3.63, 3.8) is 0 Å². The van der Waals surface area contributed by atoms with E-state index >= 15 is 0 Å². The molecule has 0 unspecified atom stereocenters. The molecule has 3 nitrogen and oxygen atoms in total.